The minimum Gasteiger partial charge on any atom is -0.488 e. The third-order valence-corrected chi connectivity index (χ3v) is 4.15. The van der Waals surface area contributed by atoms with Crippen molar-refractivity contribution in [2.75, 3.05) is 6.61 Å². The summed E-state index contributed by atoms with van der Waals surface area (Å²) in [6.07, 6.45) is -4.03. The summed E-state index contributed by atoms with van der Waals surface area (Å²) < 4.78 is 49.3. The molecule has 1 amide bonds. The average molecular weight is 432 g/mol. The topological polar surface area (TPSA) is 87.3 Å². The average Bonchev–Trinajstić information content (AvgIpc) is 2.58. The van der Waals surface area contributed by atoms with Crippen molar-refractivity contribution in [1.29, 1.82) is 0 Å². The molecule has 10 heteroatoms. The Hall–Kier alpha value is -2.55. The lowest BCUT2D eigenvalue weighted by Gasteiger charge is -2.30. The predicted octanol–water partition coefficient (Wildman–Crippen LogP) is 5.09. The van der Waals surface area contributed by atoms with Crippen LogP contribution in [0.5, 0.6) is 5.75 Å². The Balaban J connectivity index is 2.20. The zero-order valence-electron chi connectivity index (χ0n) is 16.1. The second-order valence-electron chi connectivity index (χ2n) is 7.17. The first-order chi connectivity index (χ1) is 13.4. The summed E-state index contributed by atoms with van der Waals surface area (Å²) in [5.74, 6) is -0.746. The van der Waals surface area contributed by atoms with E-state index in [0.717, 1.165) is 6.20 Å². The third-order valence-electron chi connectivity index (χ3n) is 3.86. The Morgan fingerprint density at radius 1 is 1.28 bits per heavy atom. The molecule has 2 rings (SSSR count). The first kappa shape index (κ1) is 22.7. The minimum absolute atomic E-state index is 0.00108. The molecule has 1 aromatic heterocycles. The van der Waals surface area contributed by atoms with Gasteiger partial charge in [-0.3, -0.25) is 0 Å². The first-order valence-corrected chi connectivity index (χ1v) is 9.09. The Morgan fingerprint density at radius 3 is 2.52 bits per heavy atom. The quantitative estimate of drug-likeness (QED) is 0.659. The normalized spacial score (nSPS) is 13.8. The number of hydrogen-bond donors (Lipinski definition) is 1. The Bertz CT molecular complexity index is 877. The number of nitrogens with zero attached hydrogens (tertiary/aromatic N) is 2. The molecule has 158 valence electrons. The van der Waals surface area contributed by atoms with E-state index in [1.54, 1.807) is 6.92 Å². The molecule has 0 fully saturated rings. The second kappa shape index (κ2) is 8.86. The van der Waals surface area contributed by atoms with Gasteiger partial charge in [0, 0.05) is 11.8 Å². The maximum absolute atomic E-state index is 12.8. The van der Waals surface area contributed by atoms with Gasteiger partial charge in [-0.1, -0.05) is 25.4 Å². The largest absolute Gasteiger partial charge is 0.488 e. The minimum atomic E-state index is -4.65. The molecule has 1 atom stereocenters. The van der Waals surface area contributed by atoms with Crippen molar-refractivity contribution in [2.24, 2.45) is 11.7 Å². The molecule has 0 bridgehead atoms. The van der Waals surface area contributed by atoms with E-state index in [4.69, 9.17) is 26.8 Å². The van der Waals surface area contributed by atoms with Crippen LogP contribution >= 0.6 is 11.6 Å². The molecular weight excluding hydrogens is 411 g/mol. The summed E-state index contributed by atoms with van der Waals surface area (Å²) in [5.41, 5.74) is 4.62. The van der Waals surface area contributed by atoms with E-state index in [1.807, 2.05) is 13.8 Å². The third kappa shape index (κ3) is 6.49. The molecule has 0 saturated heterocycles. The van der Waals surface area contributed by atoms with Crippen molar-refractivity contribution < 1.29 is 27.4 Å². The van der Waals surface area contributed by atoms with Crippen molar-refractivity contribution in [3.63, 3.8) is 0 Å². The van der Waals surface area contributed by atoms with Crippen LogP contribution in [0.2, 0.25) is 5.02 Å². The molecule has 6 nitrogen and oxygen atoms in total. The molecule has 0 saturated carbocycles. The molecule has 0 aliphatic rings. The fourth-order valence-corrected chi connectivity index (χ4v) is 3.14. The molecular formula is C19H21ClF3N3O3. The number of carbonyl (C=O) groups excluding carboxylic acids is 1. The lowest BCUT2D eigenvalue weighted by molar-refractivity contribution is -0.144. The van der Waals surface area contributed by atoms with Crippen LogP contribution in [0.3, 0.4) is 0 Å². The van der Waals surface area contributed by atoms with Crippen molar-refractivity contribution in [1.82, 2.24) is 9.97 Å². The molecule has 0 radical (unpaired) electrons. The number of halogens is 4. The summed E-state index contributed by atoms with van der Waals surface area (Å²) in [6.45, 7) is 5.61. The number of nitrogens with two attached hydrogens (primary N) is 1. The zero-order valence-corrected chi connectivity index (χ0v) is 16.8. The summed E-state index contributed by atoms with van der Waals surface area (Å²) >= 11 is 6.23. The zero-order chi connectivity index (χ0) is 21.8. The highest BCUT2D eigenvalue weighted by Crippen LogP contribution is 2.33. The highest BCUT2D eigenvalue weighted by Gasteiger charge is 2.35. The number of rotatable bonds is 7. The van der Waals surface area contributed by atoms with Gasteiger partial charge in [-0.2, -0.15) is 13.2 Å². The number of ether oxygens (including phenoxy) is 2. The number of aromatic nitrogens is 2. The van der Waals surface area contributed by atoms with Crippen molar-refractivity contribution >= 4 is 17.7 Å². The number of benzene rings is 1. The van der Waals surface area contributed by atoms with Crippen LogP contribution in [-0.4, -0.2) is 28.3 Å². The van der Waals surface area contributed by atoms with E-state index >= 15 is 0 Å². The number of primary amides is 1. The Morgan fingerprint density at radius 2 is 1.97 bits per heavy atom. The molecule has 1 aromatic carbocycles. The van der Waals surface area contributed by atoms with Gasteiger partial charge in [-0.15, -0.1) is 0 Å². The number of hydrogen-bond acceptors (Lipinski definition) is 5. The number of amides is 1. The van der Waals surface area contributed by atoms with Gasteiger partial charge < -0.3 is 15.2 Å². The highest BCUT2D eigenvalue weighted by molar-refractivity contribution is 6.32. The van der Waals surface area contributed by atoms with Gasteiger partial charge in [-0.25, -0.2) is 14.8 Å². The fraction of sp³-hybridized carbons (Fsp3) is 0.421. The summed E-state index contributed by atoms with van der Waals surface area (Å²) in [7, 11) is 0. The van der Waals surface area contributed by atoms with Gasteiger partial charge in [0.2, 0.25) is 5.82 Å². The van der Waals surface area contributed by atoms with E-state index < -0.39 is 23.7 Å². The molecule has 2 N–H and O–H groups in total. The van der Waals surface area contributed by atoms with E-state index in [-0.39, 0.29) is 29.0 Å². The van der Waals surface area contributed by atoms with Gasteiger partial charge in [0.05, 0.1) is 10.7 Å². The van der Waals surface area contributed by atoms with Crippen molar-refractivity contribution in [3.05, 3.63) is 41.3 Å². The van der Waals surface area contributed by atoms with E-state index in [0.29, 0.717) is 12.0 Å². The highest BCUT2D eigenvalue weighted by atomic mass is 35.5. The van der Waals surface area contributed by atoms with Crippen molar-refractivity contribution in [2.45, 2.75) is 39.0 Å². The van der Waals surface area contributed by atoms with Crippen LogP contribution in [0.4, 0.5) is 18.0 Å². The van der Waals surface area contributed by atoms with E-state index in [2.05, 4.69) is 9.97 Å². The van der Waals surface area contributed by atoms with Crippen LogP contribution < -0.4 is 10.5 Å². The van der Waals surface area contributed by atoms with Crippen LogP contribution in [0.15, 0.2) is 30.5 Å². The van der Waals surface area contributed by atoms with E-state index in [1.165, 1.54) is 24.3 Å². The summed E-state index contributed by atoms with van der Waals surface area (Å²) in [6, 6.07) is 5.82. The molecule has 0 aliphatic heterocycles. The van der Waals surface area contributed by atoms with Crippen LogP contribution in [-0.2, 0) is 10.9 Å². The SMILES string of the molecule is CC(C)C[C@@](C)(COc1ccc(-c2ccnc(C(F)(F)F)n2)cc1Cl)OC(N)=O. The standard InChI is InChI=1S/C19H21ClF3N3O3/c1-11(2)9-18(3,29-17(24)27)10-28-15-5-4-12(8-13(15)20)14-6-7-25-16(26-14)19(21,22)23/h4-8,11H,9-10H2,1-3H3,(H2,24,27)/t18-/m0/s1. The van der Waals surface area contributed by atoms with Crippen LogP contribution in [0.1, 0.15) is 33.0 Å². The van der Waals surface area contributed by atoms with E-state index in [9.17, 15) is 18.0 Å². The smallest absolute Gasteiger partial charge is 0.451 e. The van der Waals surface area contributed by atoms with Crippen molar-refractivity contribution in [3.8, 4) is 17.0 Å². The molecule has 0 unspecified atom stereocenters. The van der Waals surface area contributed by atoms with Gasteiger partial charge in [0.25, 0.3) is 0 Å². The second-order valence-corrected chi connectivity index (χ2v) is 7.57. The van der Waals surface area contributed by atoms with Gasteiger partial charge in [0.1, 0.15) is 18.0 Å². The van der Waals surface area contributed by atoms with Gasteiger partial charge >= 0.3 is 12.3 Å². The van der Waals surface area contributed by atoms with Crippen LogP contribution in [0, 0.1) is 5.92 Å². The maximum Gasteiger partial charge on any atom is 0.451 e. The fourth-order valence-electron chi connectivity index (χ4n) is 2.90. The summed E-state index contributed by atoms with van der Waals surface area (Å²) in [5, 5.41) is 0.167. The molecule has 1 heterocycles. The van der Waals surface area contributed by atoms with Gasteiger partial charge in [0.15, 0.2) is 0 Å². The lowest BCUT2D eigenvalue weighted by Crippen LogP contribution is -2.41. The first-order valence-electron chi connectivity index (χ1n) is 8.71. The Labute approximate surface area is 171 Å². The summed E-state index contributed by atoms with van der Waals surface area (Å²) in [4.78, 5) is 18.0. The number of carbonyl (C=O) groups is 1. The molecule has 29 heavy (non-hydrogen) atoms. The molecule has 0 spiro atoms. The van der Waals surface area contributed by atoms with Gasteiger partial charge in [-0.05, 0) is 43.5 Å². The lowest BCUT2D eigenvalue weighted by atomic mass is 9.95. The maximum atomic E-state index is 12.8. The number of alkyl halides is 3. The molecule has 0 aliphatic carbocycles. The molecule has 2 aromatic rings. The van der Waals surface area contributed by atoms with Crippen LogP contribution in [0.25, 0.3) is 11.3 Å². The predicted molar refractivity (Wildman–Crippen MR) is 102 cm³/mol. The Kier molecular flexibility index (Phi) is 6.94. The monoisotopic (exact) mass is 431 g/mol.